The molecule has 0 aliphatic carbocycles. The van der Waals surface area contributed by atoms with Crippen molar-refractivity contribution in [3.8, 4) is 0 Å². The lowest BCUT2D eigenvalue weighted by Gasteiger charge is -2.01. The summed E-state index contributed by atoms with van der Waals surface area (Å²) < 4.78 is 2.27. The normalized spacial score (nSPS) is 10.7. The Kier molecular flexibility index (Phi) is 5.80. The molecule has 0 aliphatic heterocycles. The van der Waals surface area contributed by atoms with Crippen molar-refractivity contribution in [1.82, 2.24) is 9.88 Å². The number of nitrogens with one attached hydrogen (secondary N) is 1. The van der Waals surface area contributed by atoms with Gasteiger partial charge in [0, 0.05) is 31.2 Å². The van der Waals surface area contributed by atoms with Gasteiger partial charge >= 0.3 is 0 Å². The van der Waals surface area contributed by atoms with Crippen LogP contribution < -0.4 is 5.32 Å². The summed E-state index contributed by atoms with van der Waals surface area (Å²) in [5.74, 6) is 2.43. The highest BCUT2D eigenvalue weighted by molar-refractivity contribution is 7.99. The van der Waals surface area contributed by atoms with E-state index in [-0.39, 0.29) is 0 Å². The maximum Gasteiger partial charge on any atom is 0.0310 e. The largest absolute Gasteiger partial charge is 0.353 e. The fourth-order valence-electron chi connectivity index (χ4n) is 1.32. The van der Waals surface area contributed by atoms with Crippen LogP contribution in [0.25, 0.3) is 0 Å². The third kappa shape index (κ3) is 4.20. The number of hydrogen-bond donors (Lipinski definition) is 1. The van der Waals surface area contributed by atoms with Crippen molar-refractivity contribution >= 4 is 11.8 Å². The van der Waals surface area contributed by atoms with Crippen molar-refractivity contribution in [2.45, 2.75) is 26.9 Å². The predicted octanol–water partition coefficient (Wildman–Crippen LogP) is 2.35. The Labute approximate surface area is 91.1 Å². The van der Waals surface area contributed by atoms with Crippen LogP contribution in [0.1, 0.15) is 19.4 Å². The van der Waals surface area contributed by atoms with Gasteiger partial charge in [-0.2, -0.15) is 11.8 Å². The first-order chi connectivity index (χ1) is 6.86. The van der Waals surface area contributed by atoms with Gasteiger partial charge in [-0.25, -0.2) is 0 Å². The van der Waals surface area contributed by atoms with Gasteiger partial charge in [-0.3, -0.25) is 0 Å². The van der Waals surface area contributed by atoms with Gasteiger partial charge < -0.3 is 9.88 Å². The molecule has 0 saturated carbocycles. The minimum Gasteiger partial charge on any atom is -0.353 e. The molecule has 0 fully saturated rings. The molecule has 1 aromatic rings. The van der Waals surface area contributed by atoms with Gasteiger partial charge in [0.05, 0.1) is 0 Å². The summed E-state index contributed by atoms with van der Waals surface area (Å²) in [6.45, 7) is 7.50. The van der Waals surface area contributed by atoms with Crippen molar-refractivity contribution in [2.75, 3.05) is 18.1 Å². The van der Waals surface area contributed by atoms with Crippen molar-refractivity contribution in [2.24, 2.45) is 0 Å². The molecule has 1 N–H and O–H groups in total. The van der Waals surface area contributed by atoms with Crippen LogP contribution in [-0.2, 0) is 13.1 Å². The maximum absolute atomic E-state index is 3.33. The molecule has 0 saturated heterocycles. The first-order valence-corrected chi connectivity index (χ1v) is 6.45. The molecule has 0 spiro atoms. The third-order valence-electron chi connectivity index (χ3n) is 2.09. The van der Waals surface area contributed by atoms with Crippen molar-refractivity contribution < 1.29 is 0 Å². The molecule has 0 radical (unpaired) electrons. The zero-order chi connectivity index (χ0) is 10.2. The highest BCUT2D eigenvalue weighted by atomic mass is 32.2. The Hall–Kier alpha value is -0.410. The lowest BCUT2D eigenvalue weighted by atomic mass is 10.3. The van der Waals surface area contributed by atoms with Crippen molar-refractivity contribution in [3.05, 3.63) is 24.0 Å². The Morgan fingerprint density at radius 1 is 1.43 bits per heavy atom. The average molecular weight is 212 g/mol. The fourth-order valence-corrected chi connectivity index (χ4v) is 1.95. The standard InChI is InChI=1S/C11H20N2S/c1-3-12-9-11-5-6-13(10-11)7-8-14-4-2/h5-6,10,12H,3-4,7-9H2,1-2H3. The minimum atomic E-state index is 0.990. The molecule has 1 rings (SSSR count). The molecule has 0 amide bonds. The monoisotopic (exact) mass is 212 g/mol. The summed E-state index contributed by atoms with van der Waals surface area (Å²) in [6.07, 6.45) is 4.40. The van der Waals surface area contributed by atoms with Crippen LogP contribution in [-0.4, -0.2) is 22.6 Å². The van der Waals surface area contributed by atoms with Crippen LogP contribution >= 0.6 is 11.8 Å². The van der Waals surface area contributed by atoms with E-state index in [2.05, 4.69) is 42.2 Å². The van der Waals surface area contributed by atoms with E-state index in [4.69, 9.17) is 0 Å². The Balaban J connectivity index is 2.27. The molecule has 0 atom stereocenters. The van der Waals surface area contributed by atoms with Crippen LogP contribution in [0.15, 0.2) is 18.5 Å². The molecule has 0 bridgehead atoms. The van der Waals surface area contributed by atoms with Gasteiger partial charge in [0.1, 0.15) is 0 Å². The van der Waals surface area contributed by atoms with Crippen LogP contribution in [0.2, 0.25) is 0 Å². The van der Waals surface area contributed by atoms with Crippen LogP contribution in [0.5, 0.6) is 0 Å². The second-order valence-electron chi connectivity index (χ2n) is 3.23. The zero-order valence-electron chi connectivity index (χ0n) is 9.12. The lowest BCUT2D eigenvalue weighted by Crippen LogP contribution is -2.11. The minimum absolute atomic E-state index is 0.990. The molecule has 80 valence electrons. The second kappa shape index (κ2) is 6.96. The number of aryl methyl sites for hydroxylation is 1. The van der Waals surface area contributed by atoms with Crippen LogP contribution in [0.4, 0.5) is 0 Å². The van der Waals surface area contributed by atoms with E-state index in [9.17, 15) is 0 Å². The summed E-state index contributed by atoms with van der Waals surface area (Å²) in [6, 6.07) is 2.19. The number of hydrogen-bond acceptors (Lipinski definition) is 2. The van der Waals surface area contributed by atoms with E-state index >= 15 is 0 Å². The van der Waals surface area contributed by atoms with Gasteiger partial charge in [-0.15, -0.1) is 0 Å². The molecule has 1 aromatic heterocycles. The SMILES string of the molecule is CCNCc1ccn(CCSCC)c1. The molecular formula is C11H20N2S. The topological polar surface area (TPSA) is 17.0 Å². The quantitative estimate of drug-likeness (QED) is 0.699. The van der Waals surface area contributed by atoms with Crippen LogP contribution in [0, 0.1) is 0 Å². The second-order valence-corrected chi connectivity index (χ2v) is 4.63. The van der Waals surface area contributed by atoms with E-state index in [1.54, 1.807) is 0 Å². The van der Waals surface area contributed by atoms with E-state index in [0.29, 0.717) is 0 Å². The van der Waals surface area contributed by atoms with E-state index in [1.807, 2.05) is 11.8 Å². The van der Waals surface area contributed by atoms with Crippen molar-refractivity contribution in [1.29, 1.82) is 0 Å². The first-order valence-electron chi connectivity index (χ1n) is 5.30. The highest BCUT2D eigenvalue weighted by Crippen LogP contribution is 2.04. The average Bonchev–Trinajstić information content (AvgIpc) is 2.63. The molecule has 0 aliphatic rings. The highest BCUT2D eigenvalue weighted by Gasteiger charge is 1.95. The van der Waals surface area contributed by atoms with E-state index in [0.717, 1.165) is 19.6 Å². The van der Waals surface area contributed by atoms with Gasteiger partial charge in [-0.05, 0) is 23.9 Å². The predicted molar refractivity (Wildman–Crippen MR) is 64.8 cm³/mol. The summed E-state index contributed by atoms with van der Waals surface area (Å²) >= 11 is 1.99. The lowest BCUT2D eigenvalue weighted by molar-refractivity contribution is 0.718. The smallest absolute Gasteiger partial charge is 0.0310 e. The molecule has 2 nitrogen and oxygen atoms in total. The Morgan fingerprint density at radius 3 is 3.00 bits per heavy atom. The number of nitrogens with zero attached hydrogens (tertiary/aromatic N) is 1. The number of aromatic nitrogens is 1. The van der Waals surface area contributed by atoms with Crippen molar-refractivity contribution in [3.63, 3.8) is 0 Å². The maximum atomic E-state index is 3.33. The zero-order valence-corrected chi connectivity index (χ0v) is 9.94. The summed E-state index contributed by atoms with van der Waals surface area (Å²) in [5, 5.41) is 3.33. The molecular weight excluding hydrogens is 192 g/mol. The Bertz CT molecular complexity index is 245. The molecule has 3 heteroatoms. The van der Waals surface area contributed by atoms with Gasteiger partial charge in [0.2, 0.25) is 0 Å². The number of rotatable bonds is 7. The molecule has 14 heavy (non-hydrogen) atoms. The van der Waals surface area contributed by atoms with Gasteiger partial charge in [0.25, 0.3) is 0 Å². The third-order valence-corrected chi connectivity index (χ3v) is 2.97. The fraction of sp³-hybridized carbons (Fsp3) is 0.636. The van der Waals surface area contributed by atoms with Gasteiger partial charge in [0.15, 0.2) is 0 Å². The van der Waals surface area contributed by atoms with Crippen LogP contribution in [0.3, 0.4) is 0 Å². The first kappa shape index (κ1) is 11.7. The Morgan fingerprint density at radius 2 is 2.29 bits per heavy atom. The molecule has 1 heterocycles. The molecule has 0 unspecified atom stereocenters. The van der Waals surface area contributed by atoms with Gasteiger partial charge in [-0.1, -0.05) is 13.8 Å². The van der Waals surface area contributed by atoms with E-state index < -0.39 is 0 Å². The molecule has 0 aromatic carbocycles. The summed E-state index contributed by atoms with van der Waals surface area (Å²) in [5.41, 5.74) is 1.38. The van der Waals surface area contributed by atoms with E-state index in [1.165, 1.54) is 17.1 Å². The summed E-state index contributed by atoms with van der Waals surface area (Å²) in [4.78, 5) is 0. The summed E-state index contributed by atoms with van der Waals surface area (Å²) in [7, 11) is 0. The number of thioether (sulfide) groups is 1.